The average molecular weight is 495 g/mol. The number of nitrogens with zero attached hydrogens (tertiary/aromatic N) is 1. The summed E-state index contributed by atoms with van der Waals surface area (Å²) >= 11 is 0. The number of aromatic amines is 1. The Morgan fingerprint density at radius 3 is 2.43 bits per heavy atom. The van der Waals surface area contributed by atoms with Gasteiger partial charge in [-0.1, -0.05) is 48.5 Å². The topological polar surface area (TPSA) is 86.5 Å². The van der Waals surface area contributed by atoms with E-state index in [4.69, 9.17) is 4.74 Å². The fourth-order valence-electron chi connectivity index (χ4n) is 5.60. The molecule has 2 aliphatic rings. The first-order valence-electron chi connectivity index (χ1n) is 12.8. The molecule has 1 aromatic heterocycles. The van der Waals surface area contributed by atoms with Crippen LogP contribution >= 0.6 is 0 Å². The van der Waals surface area contributed by atoms with Gasteiger partial charge in [-0.05, 0) is 60.7 Å². The van der Waals surface area contributed by atoms with Crippen LogP contribution in [0, 0.1) is 0 Å². The number of fused-ring (bicyclic) bond motifs is 4. The Bertz CT molecular complexity index is 1420. The number of nitrogens with one attached hydrogen (secondary N) is 3. The van der Waals surface area contributed by atoms with Crippen molar-refractivity contribution in [3.63, 3.8) is 0 Å². The molecule has 188 valence electrons. The number of aromatic nitrogens is 1. The number of urea groups is 1. The van der Waals surface area contributed by atoms with E-state index in [1.807, 2.05) is 30.3 Å². The molecule has 6 rings (SSSR count). The number of hydrogen-bond donors (Lipinski definition) is 3. The van der Waals surface area contributed by atoms with Crippen molar-refractivity contribution in [3.8, 4) is 5.75 Å². The molecule has 3 aromatic carbocycles. The maximum Gasteiger partial charge on any atom is 0.324 e. The molecule has 7 nitrogen and oxygen atoms in total. The van der Waals surface area contributed by atoms with Gasteiger partial charge in [-0.15, -0.1) is 0 Å². The number of hydrogen-bond acceptors (Lipinski definition) is 4. The summed E-state index contributed by atoms with van der Waals surface area (Å²) < 4.78 is 6.09. The van der Waals surface area contributed by atoms with Gasteiger partial charge in [0, 0.05) is 41.8 Å². The fourth-order valence-corrected chi connectivity index (χ4v) is 5.60. The summed E-state index contributed by atoms with van der Waals surface area (Å²) in [6, 6.07) is 24.9. The van der Waals surface area contributed by atoms with E-state index in [1.165, 1.54) is 16.6 Å². The highest BCUT2D eigenvalue weighted by molar-refractivity contribution is 6.04. The second-order valence-corrected chi connectivity index (χ2v) is 9.83. The van der Waals surface area contributed by atoms with Crippen LogP contribution in [-0.2, 0) is 18.6 Å². The van der Waals surface area contributed by atoms with Crippen molar-refractivity contribution < 1.29 is 14.3 Å². The maximum atomic E-state index is 12.8. The molecule has 1 spiro atoms. The number of carbonyl (C=O) groups is 2. The van der Waals surface area contributed by atoms with E-state index in [-0.39, 0.29) is 17.5 Å². The molecule has 7 heteroatoms. The van der Waals surface area contributed by atoms with E-state index in [9.17, 15) is 9.59 Å². The zero-order chi connectivity index (χ0) is 25.2. The van der Waals surface area contributed by atoms with Crippen LogP contribution in [-0.4, -0.2) is 41.5 Å². The van der Waals surface area contributed by atoms with E-state index in [1.54, 1.807) is 29.2 Å². The van der Waals surface area contributed by atoms with Gasteiger partial charge in [-0.3, -0.25) is 10.1 Å². The summed E-state index contributed by atoms with van der Waals surface area (Å²) in [6.45, 7) is 2.56. The Hall–Kier alpha value is -4.10. The van der Waals surface area contributed by atoms with E-state index >= 15 is 0 Å². The minimum atomic E-state index is -0.370. The smallest absolute Gasteiger partial charge is 0.324 e. The van der Waals surface area contributed by atoms with Crippen molar-refractivity contribution in [2.75, 3.05) is 19.6 Å². The maximum absolute atomic E-state index is 12.8. The van der Waals surface area contributed by atoms with Gasteiger partial charge in [0.1, 0.15) is 12.4 Å². The minimum absolute atomic E-state index is 0.210. The molecule has 0 aliphatic carbocycles. The number of amides is 3. The lowest BCUT2D eigenvalue weighted by atomic mass is 9.79. The van der Waals surface area contributed by atoms with Gasteiger partial charge in [-0.2, -0.15) is 0 Å². The van der Waals surface area contributed by atoms with Crippen LogP contribution in [0.1, 0.15) is 40.0 Å². The van der Waals surface area contributed by atoms with E-state index in [0.29, 0.717) is 25.3 Å². The zero-order valence-corrected chi connectivity index (χ0v) is 20.6. The molecule has 3 N–H and O–H groups in total. The number of piperidine rings is 1. The Morgan fingerprint density at radius 1 is 0.946 bits per heavy atom. The molecule has 0 radical (unpaired) electrons. The second kappa shape index (κ2) is 9.75. The fraction of sp³-hybridized carbons (Fsp3) is 0.267. The number of likely N-dealkylation sites (tertiary alicyclic amines) is 1. The van der Waals surface area contributed by atoms with Gasteiger partial charge in [0.15, 0.2) is 0 Å². The van der Waals surface area contributed by atoms with E-state index < -0.39 is 0 Å². The molecular weight excluding hydrogens is 464 g/mol. The molecule has 0 bridgehead atoms. The van der Waals surface area contributed by atoms with E-state index in [0.717, 1.165) is 42.6 Å². The first-order chi connectivity index (χ1) is 18.1. The van der Waals surface area contributed by atoms with Crippen LogP contribution in [0.2, 0.25) is 0 Å². The highest BCUT2D eigenvalue weighted by atomic mass is 16.5. The summed E-state index contributed by atoms with van der Waals surface area (Å²) in [7, 11) is 0. The van der Waals surface area contributed by atoms with Gasteiger partial charge >= 0.3 is 6.03 Å². The predicted molar refractivity (Wildman–Crippen MR) is 143 cm³/mol. The highest BCUT2D eigenvalue weighted by Gasteiger charge is 2.42. The summed E-state index contributed by atoms with van der Waals surface area (Å²) in [5.74, 6) is 0.491. The third-order valence-electron chi connectivity index (χ3n) is 7.60. The van der Waals surface area contributed by atoms with Crippen LogP contribution in [0.25, 0.3) is 10.9 Å². The number of benzene rings is 3. The molecule has 4 aromatic rings. The van der Waals surface area contributed by atoms with Gasteiger partial charge in [0.25, 0.3) is 5.91 Å². The molecule has 3 amide bonds. The van der Waals surface area contributed by atoms with Crippen molar-refractivity contribution in [2.24, 2.45) is 0 Å². The van der Waals surface area contributed by atoms with Crippen LogP contribution < -0.4 is 15.4 Å². The number of carbonyl (C=O) groups excluding carboxylic acids is 2. The Morgan fingerprint density at radius 2 is 1.68 bits per heavy atom. The van der Waals surface area contributed by atoms with Gasteiger partial charge in [0.05, 0.1) is 5.54 Å². The third kappa shape index (κ3) is 4.58. The number of imide groups is 1. The molecule has 1 fully saturated rings. The van der Waals surface area contributed by atoms with Crippen molar-refractivity contribution >= 4 is 22.8 Å². The van der Waals surface area contributed by atoms with Gasteiger partial charge < -0.3 is 19.9 Å². The third-order valence-corrected chi connectivity index (χ3v) is 7.60. The Kier molecular flexibility index (Phi) is 6.14. The normalized spacial score (nSPS) is 16.4. The number of ether oxygens (including phenoxy) is 1. The molecule has 3 heterocycles. The van der Waals surface area contributed by atoms with Gasteiger partial charge in [0.2, 0.25) is 0 Å². The van der Waals surface area contributed by atoms with Crippen molar-refractivity contribution in [2.45, 2.75) is 31.4 Å². The van der Waals surface area contributed by atoms with E-state index in [2.05, 4.69) is 39.9 Å². The number of H-pyrrole nitrogens is 1. The molecule has 2 aliphatic heterocycles. The molecule has 37 heavy (non-hydrogen) atoms. The Labute approximate surface area is 215 Å². The zero-order valence-electron chi connectivity index (χ0n) is 20.6. The highest BCUT2D eigenvalue weighted by Crippen LogP contribution is 2.41. The van der Waals surface area contributed by atoms with Crippen molar-refractivity contribution in [1.82, 2.24) is 20.5 Å². The van der Waals surface area contributed by atoms with Crippen LogP contribution in [0.4, 0.5) is 4.79 Å². The predicted octanol–water partition coefficient (Wildman–Crippen LogP) is 4.73. The molecule has 0 saturated carbocycles. The van der Waals surface area contributed by atoms with Gasteiger partial charge in [-0.25, -0.2) is 4.79 Å². The lowest BCUT2D eigenvalue weighted by Gasteiger charge is -2.44. The first kappa shape index (κ1) is 23.3. The lowest BCUT2D eigenvalue weighted by molar-refractivity contribution is 0.0933. The van der Waals surface area contributed by atoms with Crippen molar-refractivity contribution in [3.05, 3.63) is 101 Å². The standard InChI is InChI=1S/C30H30N4O3/c35-28(22-9-5-2-6-10-22)33-29(36)34-17-14-30(15-18-34)27-24(13-16-31-30)25-19-23(11-12-26(25)32-27)37-20-21-7-3-1-4-8-21/h1-12,19,31-32H,13-18,20H2,(H,33,35,36). The molecule has 1 saturated heterocycles. The minimum Gasteiger partial charge on any atom is -0.489 e. The number of rotatable bonds is 4. The molecule has 0 unspecified atom stereocenters. The quantitative estimate of drug-likeness (QED) is 0.383. The second-order valence-electron chi connectivity index (χ2n) is 9.83. The van der Waals surface area contributed by atoms with Crippen LogP contribution in [0.15, 0.2) is 78.9 Å². The summed E-state index contributed by atoms with van der Waals surface area (Å²) in [5, 5.41) is 7.49. The summed E-state index contributed by atoms with van der Waals surface area (Å²) in [4.78, 5) is 30.6. The summed E-state index contributed by atoms with van der Waals surface area (Å²) in [5.41, 5.74) is 5.06. The largest absolute Gasteiger partial charge is 0.489 e. The van der Waals surface area contributed by atoms with Crippen molar-refractivity contribution in [1.29, 1.82) is 0 Å². The Balaban J connectivity index is 1.16. The van der Waals surface area contributed by atoms with Crippen LogP contribution in [0.3, 0.4) is 0 Å². The average Bonchev–Trinajstić information content (AvgIpc) is 3.33. The lowest BCUT2D eigenvalue weighted by Crippen LogP contribution is -2.56. The summed E-state index contributed by atoms with van der Waals surface area (Å²) in [6.07, 6.45) is 2.49. The van der Waals surface area contributed by atoms with Crippen LogP contribution in [0.5, 0.6) is 5.75 Å². The first-order valence-corrected chi connectivity index (χ1v) is 12.8. The molecular formula is C30H30N4O3. The SMILES string of the molecule is O=C(NC(=O)N1CCC2(CC1)NCCc1c2[nH]c2ccc(OCc3ccccc3)cc12)c1ccccc1. The molecule has 0 atom stereocenters. The monoisotopic (exact) mass is 494 g/mol.